The van der Waals surface area contributed by atoms with Gasteiger partial charge in [0, 0.05) is 12.3 Å². The van der Waals surface area contributed by atoms with E-state index < -0.39 is 0 Å². The summed E-state index contributed by atoms with van der Waals surface area (Å²) in [5, 5.41) is 0. The monoisotopic (exact) mass is 338 g/mol. The molecule has 0 N–H and O–H groups in total. The van der Waals surface area contributed by atoms with Crippen molar-refractivity contribution in [2.75, 3.05) is 7.11 Å². The molecule has 0 aromatic heterocycles. The van der Waals surface area contributed by atoms with Gasteiger partial charge >= 0.3 is 5.97 Å². The number of carbonyl (C=O) groups excluding carboxylic acids is 1. The van der Waals surface area contributed by atoms with Crippen molar-refractivity contribution in [2.24, 2.45) is 5.41 Å². The summed E-state index contributed by atoms with van der Waals surface area (Å²) in [7, 11) is 1.73. The van der Waals surface area contributed by atoms with Crippen molar-refractivity contribution in [2.45, 2.75) is 58.5 Å². The molecular weight excluding hydrogens is 312 g/mol. The Labute approximate surface area is 149 Å². The van der Waals surface area contributed by atoms with Gasteiger partial charge < -0.3 is 9.47 Å². The highest BCUT2D eigenvalue weighted by atomic mass is 16.5. The van der Waals surface area contributed by atoms with Crippen molar-refractivity contribution >= 4 is 11.5 Å². The van der Waals surface area contributed by atoms with Crippen LogP contribution >= 0.6 is 0 Å². The fraction of sp³-hybridized carbons (Fsp3) is 0.500. The second-order valence-electron chi connectivity index (χ2n) is 7.69. The van der Waals surface area contributed by atoms with Gasteiger partial charge in [0.15, 0.2) is 0 Å². The summed E-state index contributed by atoms with van der Waals surface area (Å²) < 4.78 is 11.1. The molecule has 0 heterocycles. The van der Waals surface area contributed by atoms with E-state index in [1.165, 1.54) is 34.8 Å². The first-order chi connectivity index (χ1) is 12.0. The summed E-state index contributed by atoms with van der Waals surface area (Å²) in [5.41, 5.74) is 7.19. The molecular formula is C22H26O3. The molecule has 132 valence electrons. The Hall–Kier alpha value is -2.03. The number of ether oxygens (including phenoxy) is 2. The molecule has 3 aliphatic carbocycles. The number of hydrogen-bond acceptors (Lipinski definition) is 3. The maximum absolute atomic E-state index is 11.6. The smallest absolute Gasteiger partial charge is 0.302 e. The lowest BCUT2D eigenvalue weighted by Crippen LogP contribution is -2.42. The number of fused-ring (bicyclic) bond motifs is 4. The van der Waals surface area contributed by atoms with Gasteiger partial charge in [0.05, 0.1) is 7.11 Å². The van der Waals surface area contributed by atoms with Crippen LogP contribution in [-0.4, -0.2) is 19.2 Å². The number of methoxy groups -OCH3 is 1. The van der Waals surface area contributed by atoms with E-state index in [9.17, 15) is 4.79 Å². The normalized spacial score (nSPS) is 27.6. The molecule has 0 saturated carbocycles. The van der Waals surface area contributed by atoms with E-state index in [2.05, 4.69) is 31.2 Å². The van der Waals surface area contributed by atoms with Crippen molar-refractivity contribution in [1.29, 1.82) is 0 Å². The third-order valence-electron chi connectivity index (χ3n) is 6.28. The quantitative estimate of drug-likeness (QED) is 0.723. The van der Waals surface area contributed by atoms with Gasteiger partial charge in [-0.15, -0.1) is 0 Å². The third-order valence-corrected chi connectivity index (χ3v) is 6.28. The van der Waals surface area contributed by atoms with Crippen LogP contribution in [0, 0.1) is 5.41 Å². The van der Waals surface area contributed by atoms with Crippen molar-refractivity contribution in [1.82, 2.24) is 0 Å². The molecule has 25 heavy (non-hydrogen) atoms. The molecule has 1 aromatic rings. The minimum Gasteiger partial charge on any atom is -0.497 e. The number of allylic oxidation sites excluding steroid dienone is 3. The van der Waals surface area contributed by atoms with Crippen molar-refractivity contribution in [3.63, 3.8) is 0 Å². The molecule has 0 unspecified atom stereocenters. The Morgan fingerprint density at radius 3 is 2.80 bits per heavy atom. The molecule has 0 spiro atoms. The number of esters is 1. The minimum absolute atomic E-state index is 0.0105. The maximum Gasteiger partial charge on any atom is 0.302 e. The highest BCUT2D eigenvalue weighted by Gasteiger charge is 2.46. The van der Waals surface area contributed by atoms with E-state index in [1.807, 2.05) is 0 Å². The average molecular weight is 338 g/mol. The summed E-state index contributed by atoms with van der Waals surface area (Å²) in [6.45, 7) is 3.82. The Morgan fingerprint density at radius 2 is 2.04 bits per heavy atom. The predicted molar refractivity (Wildman–Crippen MR) is 98.4 cm³/mol. The summed E-state index contributed by atoms with van der Waals surface area (Å²) in [6, 6.07) is 6.47. The van der Waals surface area contributed by atoms with E-state index >= 15 is 0 Å². The van der Waals surface area contributed by atoms with Crippen LogP contribution in [-0.2, 0) is 16.0 Å². The lowest BCUT2D eigenvalue weighted by molar-refractivity contribution is -0.152. The molecule has 0 aliphatic heterocycles. The zero-order valence-electron chi connectivity index (χ0n) is 15.4. The van der Waals surface area contributed by atoms with Gasteiger partial charge in [0.2, 0.25) is 0 Å². The highest BCUT2D eigenvalue weighted by molar-refractivity contribution is 5.79. The fourth-order valence-electron chi connectivity index (χ4n) is 5.00. The van der Waals surface area contributed by atoms with E-state index in [0.29, 0.717) is 0 Å². The second kappa shape index (κ2) is 6.05. The van der Waals surface area contributed by atoms with Crippen molar-refractivity contribution in [3.8, 4) is 5.75 Å². The predicted octanol–water partition coefficient (Wildman–Crippen LogP) is 4.85. The summed E-state index contributed by atoms with van der Waals surface area (Å²) in [6.07, 6.45) is 8.58. The second-order valence-corrected chi connectivity index (χ2v) is 7.69. The lowest BCUT2D eigenvalue weighted by Gasteiger charge is -2.47. The highest BCUT2D eigenvalue weighted by Crippen LogP contribution is 2.55. The molecule has 0 amide bonds. The van der Waals surface area contributed by atoms with Crippen LogP contribution in [0.2, 0.25) is 0 Å². The number of benzene rings is 1. The molecule has 0 radical (unpaired) electrons. The Morgan fingerprint density at radius 1 is 1.20 bits per heavy atom. The van der Waals surface area contributed by atoms with Gasteiger partial charge in [0.1, 0.15) is 11.9 Å². The summed E-state index contributed by atoms with van der Waals surface area (Å²) in [4.78, 5) is 11.6. The van der Waals surface area contributed by atoms with Gasteiger partial charge in [0.25, 0.3) is 0 Å². The van der Waals surface area contributed by atoms with Crippen LogP contribution in [0.4, 0.5) is 0 Å². The first-order valence-electron chi connectivity index (χ1n) is 9.30. The average Bonchev–Trinajstić information content (AvgIpc) is 2.61. The fourth-order valence-corrected chi connectivity index (χ4v) is 5.00. The first kappa shape index (κ1) is 16.4. The first-order valence-corrected chi connectivity index (χ1v) is 9.30. The van der Waals surface area contributed by atoms with Crippen molar-refractivity contribution < 1.29 is 14.3 Å². The van der Waals surface area contributed by atoms with Crippen LogP contribution in [0.15, 0.2) is 35.4 Å². The summed E-state index contributed by atoms with van der Waals surface area (Å²) >= 11 is 0. The standard InChI is InChI=1S/C22H26O3/c1-14(23)25-21-6-4-5-20-19-9-7-15-13-16(24-3)8-10-17(15)18(19)11-12-22(20,21)2/h5,8,10,13,21H,4,6-7,9,11-12H2,1-3H3/t21-,22-/m1/s1. The van der Waals surface area contributed by atoms with Gasteiger partial charge in [-0.1, -0.05) is 19.1 Å². The molecule has 0 fully saturated rings. The SMILES string of the molecule is COc1ccc2c(c1)CCC1=C2CC[C@]2(C)C1=CCC[C@H]2OC(C)=O. The van der Waals surface area contributed by atoms with Gasteiger partial charge in [-0.3, -0.25) is 4.79 Å². The zero-order valence-corrected chi connectivity index (χ0v) is 15.4. The maximum atomic E-state index is 11.6. The van der Waals surface area contributed by atoms with Crippen LogP contribution < -0.4 is 4.74 Å². The Bertz CT molecular complexity index is 786. The van der Waals surface area contributed by atoms with Crippen LogP contribution in [0.1, 0.15) is 57.1 Å². The van der Waals surface area contributed by atoms with E-state index in [4.69, 9.17) is 9.47 Å². The van der Waals surface area contributed by atoms with Crippen LogP contribution in [0.3, 0.4) is 0 Å². The molecule has 3 aliphatic rings. The topological polar surface area (TPSA) is 35.5 Å². The van der Waals surface area contributed by atoms with Crippen LogP contribution in [0.25, 0.3) is 5.57 Å². The molecule has 0 bridgehead atoms. The Kier molecular flexibility index (Phi) is 3.98. The largest absolute Gasteiger partial charge is 0.497 e. The molecule has 3 heteroatoms. The van der Waals surface area contributed by atoms with E-state index in [1.54, 1.807) is 7.11 Å². The number of carbonyl (C=O) groups is 1. The molecule has 4 rings (SSSR count). The van der Waals surface area contributed by atoms with Gasteiger partial charge in [-0.25, -0.2) is 0 Å². The Balaban J connectivity index is 1.76. The number of rotatable bonds is 2. The molecule has 1 aromatic carbocycles. The third kappa shape index (κ3) is 2.61. The minimum atomic E-state index is -0.159. The molecule has 0 saturated heterocycles. The van der Waals surface area contributed by atoms with Gasteiger partial charge in [-0.05, 0) is 78.5 Å². The van der Waals surface area contributed by atoms with Gasteiger partial charge in [-0.2, -0.15) is 0 Å². The van der Waals surface area contributed by atoms with E-state index in [0.717, 1.165) is 44.3 Å². The van der Waals surface area contributed by atoms with E-state index in [-0.39, 0.29) is 17.5 Å². The number of aryl methyl sites for hydroxylation is 1. The zero-order chi connectivity index (χ0) is 17.6. The molecule has 3 nitrogen and oxygen atoms in total. The summed E-state index contributed by atoms with van der Waals surface area (Å²) in [5.74, 6) is 0.781. The lowest BCUT2D eigenvalue weighted by atomic mass is 9.60. The molecule has 2 atom stereocenters. The number of hydrogen-bond donors (Lipinski definition) is 0. The van der Waals surface area contributed by atoms with Crippen molar-refractivity contribution in [3.05, 3.63) is 46.5 Å². The van der Waals surface area contributed by atoms with Crippen LogP contribution in [0.5, 0.6) is 5.75 Å².